The number of hydrogen-bond donors (Lipinski definition) is 1. The molecule has 0 saturated heterocycles. The third kappa shape index (κ3) is 8.37. The van der Waals surface area contributed by atoms with Crippen LogP contribution in [0.5, 0.6) is 0 Å². The summed E-state index contributed by atoms with van der Waals surface area (Å²) in [5, 5.41) is 0. The minimum absolute atomic E-state index is 0.828. The summed E-state index contributed by atoms with van der Waals surface area (Å²) in [4.78, 5) is 2.17. The molecule has 0 unspecified atom stereocenters. The molecule has 0 atom stereocenters. The number of rotatable bonds is 8. The fraction of sp³-hybridized carbons (Fsp3) is 1.00. The van der Waals surface area contributed by atoms with Crippen LogP contribution in [0.4, 0.5) is 0 Å². The van der Waals surface area contributed by atoms with Crippen molar-refractivity contribution in [1.82, 2.24) is 4.90 Å². The van der Waals surface area contributed by atoms with Gasteiger partial charge in [-0.15, -0.1) is 0 Å². The Bertz CT molecular complexity index is 90.6. The molecule has 0 aromatic heterocycles. The molecule has 0 aromatic rings. The summed E-state index contributed by atoms with van der Waals surface area (Å²) in [6.07, 6.45) is 3.51. The number of unbranched alkanes of at least 4 members (excludes halogenated alkanes) is 1. The number of nitrogens with zero attached hydrogens (tertiary/aromatic N) is 1. The molecule has 12 heavy (non-hydrogen) atoms. The van der Waals surface area contributed by atoms with Gasteiger partial charge in [0.25, 0.3) is 0 Å². The van der Waals surface area contributed by atoms with Gasteiger partial charge in [-0.1, -0.05) is 13.3 Å². The first kappa shape index (κ1) is 12.3. The van der Waals surface area contributed by atoms with Gasteiger partial charge >= 0.3 is 0 Å². The van der Waals surface area contributed by atoms with Crippen LogP contribution >= 0.6 is 12.6 Å². The maximum atomic E-state index is 5.42. The van der Waals surface area contributed by atoms with Crippen LogP contribution in [-0.2, 0) is 4.74 Å². The van der Waals surface area contributed by atoms with E-state index in [1.807, 2.05) is 0 Å². The summed E-state index contributed by atoms with van der Waals surface area (Å²) in [7, 11) is 2.07. The average molecular weight is 191 g/mol. The van der Waals surface area contributed by atoms with Crippen LogP contribution in [0.3, 0.4) is 0 Å². The Morgan fingerprint density at radius 2 is 1.92 bits per heavy atom. The maximum absolute atomic E-state index is 5.42. The molecular formula is C9H21NOS. The van der Waals surface area contributed by atoms with Crippen LogP contribution in [0.15, 0.2) is 0 Å². The SMILES string of the molecule is CCCCOCCCN(C)CS. The minimum Gasteiger partial charge on any atom is -0.381 e. The molecule has 0 bridgehead atoms. The van der Waals surface area contributed by atoms with E-state index in [-0.39, 0.29) is 0 Å². The highest BCUT2D eigenvalue weighted by Gasteiger charge is 1.93. The van der Waals surface area contributed by atoms with Gasteiger partial charge in [0, 0.05) is 25.6 Å². The van der Waals surface area contributed by atoms with Gasteiger partial charge in [-0.3, -0.25) is 4.90 Å². The first-order chi connectivity index (χ1) is 5.81. The molecule has 0 saturated carbocycles. The smallest absolute Gasteiger partial charge is 0.0478 e. The fourth-order valence-electron chi connectivity index (χ4n) is 0.856. The van der Waals surface area contributed by atoms with E-state index in [1.165, 1.54) is 12.8 Å². The van der Waals surface area contributed by atoms with E-state index >= 15 is 0 Å². The number of ether oxygens (including phenoxy) is 1. The molecule has 0 aliphatic heterocycles. The number of thiol groups is 1. The first-order valence-corrected chi connectivity index (χ1v) is 5.31. The molecule has 0 radical (unpaired) electrons. The lowest BCUT2D eigenvalue weighted by molar-refractivity contribution is 0.123. The Kier molecular flexibility index (Phi) is 9.57. The predicted octanol–water partition coefficient (Wildman–Crippen LogP) is 2.01. The lowest BCUT2D eigenvalue weighted by atomic mass is 10.3. The summed E-state index contributed by atoms with van der Waals surface area (Å²) >= 11 is 4.16. The zero-order valence-electron chi connectivity index (χ0n) is 8.25. The van der Waals surface area contributed by atoms with E-state index in [0.29, 0.717) is 0 Å². The van der Waals surface area contributed by atoms with Crippen LogP contribution < -0.4 is 0 Å². The van der Waals surface area contributed by atoms with Crippen molar-refractivity contribution in [3.05, 3.63) is 0 Å². The van der Waals surface area contributed by atoms with Crippen LogP contribution in [-0.4, -0.2) is 37.6 Å². The highest BCUT2D eigenvalue weighted by atomic mass is 32.1. The molecule has 74 valence electrons. The van der Waals surface area contributed by atoms with Gasteiger partial charge in [0.05, 0.1) is 0 Å². The monoisotopic (exact) mass is 191 g/mol. The third-order valence-electron chi connectivity index (χ3n) is 1.71. The molecule has 0 N–H and O–H groups in total. The molecule has 0 aliphatic carbocycles. The molecule has 3 heteroatoms. The second kappa shape index (κ2) is 9.36. The molecule has 2 nitrogen and oxygen atoms in total. The lowest BCUT2D eigenvalue weighted by Gasteiger charge is -2.12. The maximum Gasteiger partial charge on any atom is 0.0478 e. The molecule has 0 aliphatic rings. The van der Waals surface area contributed by atoms with Gasteiger partial charge in [-0.05, 0) is 19.9 Å². The normalized spacial score (nSPS) is 11.0. The number of hydrogen-bond acceptors (Lipinski definition) is 3. The molecule has 0 fully saturated rings. The van der Waals surface area contributed by atoms with Crippen molar-refractivity contribution in [2.24, 2.45) is 0 Å². The van der Waals surface area contributed by atoms with Crippen LogP contribution in [0.2, 0.25) is 0 Å². The van der Waals surface area contributed by atoms with E-state index in [9.17, 15) is 0 Å². The second-order valence-corrected chi connectivity index (χ2v) is 3.32. The topological polar surface area (TPSA) is 12.5 Å². The van der Waals surface area contributed by atoms with Crippen LogP contribution in [0, 0.1) is 0 Å². The Morgan fingerprint density at radius 3 is 2.50 bits per heavy atom. The van der Waals surface area contributed by atoms with Crippen LogP contribution in [0.1, 0.15) is 26.2 Å². The largest absolute Gasteiger partial charge is 0.381 e. The summed E-state index contributed by atoms with van der Waals surface area (Å²) in [5.41, 5.74) is 0. The van der Waals surface area contributed by atoms with Crippen molar-refractivity contribution < 1.29 is 4.74 Å². The van der Waals surface area contributed by atoms with E-state index < -0.39 is 0 Å². The highest BCUT2D eigenvalue weighted by Crippen LogP contribution is 1.92. The molecule has 0 rings (SSSR count). The minimum atomic E-state index is 0.828. The van der Waals surface area contributed by atoms with Crippen LogP contribution in [0.25, 0.3) is 0 Å². The summed E-state index contributed by atoms with van der Waals surface area (Å²) in [6.45, 7) is 5.06. The molecule has 0 aromatic carbocycles. The first-order valence-electron chi connectivity index (χ1n) is 4.68. The zero-order valence-corrected chi connectivity index (χ0v) is 9.15. The van der Waals surface area contributed by atoms with Crippen molar-refractivity contribution in [2.45, 2.75) is 26.2 Å². The van der Waals surface area contributed by atoms with Crippen molar-refractivity contribution in [2.75, 3.05) is 32.7 Å². The molecule has 0 heterocycles. The van der Waals surface area contributed by atoms with E-state index in [1.54, 1.807) is 0 Å². The predicted molar refractivity (Wildman–Crippen MR) is 56.8 cm³/mol. The Balaban J connectivity index is 2.90. The van der Waals surface area contributed by atoms with Crippen molar-refractivity contribution >= 4 is 12.6 Å². The van der Waals surface area contributed by atoms with Gasteiger partial charge < -0.3 is 4.74 Å². The Morgan fingerprint density at radius 1 is 1.25 bits per heavy atom. The van der Waals surface area contributed by atoms with Gasteiger partial charge in [-0.2, -0.15) is 12.6 Å². The lowest BCUT2D eigenvalue weighted by Crippen LogP contribution is -2.18. The van der Waals surface area contributed by atoms with Gasteiger partial charge in [0.15, 0.2) is 0 Å². The van der Waals surface area contributed by atoms with E-state index in [4.69, 9.17) is 4.74 Å². The molecule has 0 amide bonds. The Labute approximate surface area is 81.7 Å². The molecular weight excluding hydrogens is 170 g/mol. The van der Waals surface area contributed by atoms with Gasteiger partial charge in [0.1, 0.15) is 0 Å². The van der Waals surface area contributed by atoms with E-state index in [2.05, 4.69) is 31.5 Å². The summed E-state index contributed by atoms with van der Waals surface area (Å²) < 4.78 is 5.42. The zero-order chi connectivity index (χ0) is 9.23. The third-order valence-corrected chi connectivity index (χ3v) is 2.20. The Hall–Kier alpha value is 0.270. The second-order valence-electron chi connectivity index (χ2n) is 3.04. The van der Waals surface area contributed by atoms with Gasteiger partial charge in [-0.25, -0.2) is 0 Å². The fourth-order valence-corrected chi connectivity index (χ4v) is 0.997. The van der Waals surface area contributed by atoms with Crippen molar-refractivity contribution in [1.29, 1.82) is 0 Å². The van der Waals surface area contributed by atoms with E-state index in [0.717, 1.165) is 32.1 Å². The standard InChI is InChI=1S/C9H21NOS/c1-3-4-7-11-8-5-6-10(2)9-12/h12H,3-9H2,1-2H3. The summed E-state index contributed by atoms with van der Waals surface area (Å²) in [6, 6.07) is 0. The highest BCUT2D eigenvalue weighted by molar-refractivity contribution is 7.80. The quantitative estimate of drug-likeness (QED) is 0.358. The van der Waals surface area contributed by atoms with Gasteiger partial charge in [0.2, 0.25) is 0 Å². The molecule has 0 spiro atoms. The van der Waals surface area contributed by atoms with Crippen molar-refractivity contribution in [3.8, 4) is 0 Å². The summed E-state index contributed by atoms with van der Waals surface area (Å²) in [5.74, 6) is 0.828. The van der Waals surface area contributed by atoms with Crippen molar-refractivity contribution in [3.63, 3.8) is 0 Å². The average Bonchev–Trinajstić information content (AvgIpc) is 2.10.